The van der Waals surface area contributed by atoms with Gasteiger partial charge in [-0.15, -0.1) is 0 Å². The summed E-state index contributed by atoms with van der Waals surface area (Å²) in [7, 11) is 0. The average Bonchev–Trinajstić information content (AvgIpc) is 3.45. The molecule has 2 aromatic heterocycles. The van der Waals surface area contributed by atoms with E-state index in [9.17, 15) is 14.5 Å². The highest BCUT2D eigenvalue weighted by Gasteiger charge is 2.25. The second-order valence-electron chi connectivity index (χ2n) is 7.83. The van der Waals surface area contributed by atoms with Gasteiger partial charge in [-0.2, -0.15) is 14.5 Å². The summed E-state index contributed by atoms with van der Waals surface area (Å²) in [4.78, 5) is 38.5. The van der Waals surface area contributed by atoms with Gasteiger partial charge < -0.3 is 15.4 Å². The molecule has 1 aromatic carbocycles. The number of ether oxygens (including phenoxy) is 1. The van der Waals surface area contributed by atoms with Crippen LogP contribution in [-0.2, 0) is 4.79 Å². The number of carbonyl (C=O) groups is 2. The van der Waals surface area contributed by atoms with Crippen LogP contribution >= 0.6 is 0 Å². The van der Waals surface area contributed by atoms with Crippen molar-refractivity contribution in [3.8, 4) is 17.0 Å². The van der Waals surface area contributed by atoms with Gasteiger partial charge in [0.1, 0.15) is 17.3 Å². The molecule has 0 atom stereocenters. The van der Waals surface area contributed by atoms with E-state index in [-0.39, 0.29) is 12.2 Å². The lowest BCUT2D eigenvalue weighted by Crippen LogP contribution is -2.22. The minimum absolute atomic E-state index is 0.138. The van der Waals surface area contributed by atoms with Crippen LogP contribution in [0.1, 0.15) is 24.8 Å². The highest BCUT2D eigenvalue weighted by molar-refractivity contribution is 6.14. The Morgan fingerprint density at radius 3 is 2.88 bits per heavy atom. The maximum Gasteiger partial charge on any atom is 0.326 e. The van der Waals surface area contributed by atoms with Crippen LogP contribution in [0.5, 0.6) is 5.75 Å². The third-order valence-corrected chi connectivity index (χ3v) is 5.24. The molecule has 1 aliphatic heterocycles. The molecule has 1 saturated carbocycles. The molecule has 3 amide bonds. The predicted octanol–water partition coefficient (Wildman–Crippen LogP) is 2.69. The summed E-state index contributed by atoms with van der Waals surface area (Å²) < 4.78 is 7.42. The zero-order chi connectivity index (χ0) is 22.8. The number of hydrogen-bond donors (Lipinski definition) is 3. The number of anilines is 1. The third-order valence-electron chi connectivity index (χ3n) is 5.24. The minimum atomic E-state index is -0.562. The zero-order valence-electron chi connectivity index (χ0n) is 17.6. The molecule has 0 bridgehead atoms. The molecular weight excluding hydrogens is 426 g/mol. The lowest BCUT2D eigenvalue weighted by molar-refractivity contribution is -0.115. The van der Waals surface area contributed by atoms with Crippen LogP contribution in [-0.4, -0.2) is 45.7 Å². The molecule has 11 heteroatoms. The first kappa shape index (κ1) is 20.6. The number of aromatic nitrogens is 3. The number of fused-ring (bicyclic) bond motifs is 1. The number of nitroso groups, excluding NO2 is 1. The molecule has 11 nitrogen and oxygen atoms in total. The van der Waals surface area contributed by atoms with Gasteiger partial charge in [-0.3, -0.25) is 10.1 Å². The first-order valence-electron chi connectivity index (χ1n) is 10.6. The van der Waals surface area contributed by atoms with E-state index in [0.29, 0.717) is 41.7 Å². The Kier molecular flexibility index (Phi) is 5.43. The first-order chi connectivity index (χ1) is 16.1. The quantitative estimate of drug-likeness (QED) is 0.198. The Balaban J connectivity index is 1.52. The fraction of sp³-hybridized carbons (Fsp3) is 0.273. The Morgan fingerprint density at radius 2 is 2.12 bits per heavy atom. The van der Waals surface area contributed by atoms with Gasteiger partial charge in [-0.25, -0.2) is 9.78 Å². The number of amides is 3. The van der Waals surface area contributed by atoms with Crippen LogP contribution in [0.3, 0.4) is 0 Å². The Hall–Kier alpha value is -4.28. The Labute approximate surface area is 188 Å². The topological polar surface area (TPSA) is 139 Å². The summed E-state index contributed by atoms with van der Waals surface area (Å²) in [5.41, 5.74) is 2.82. The summed E-state index contributed by atoms with van der Waals surface area (Å²) in [6.45, 7) is 0.607. The van der Waals surface area contributed by atoms with Crippen molar-refractivity contribution in [2.45, 2.75) is 25.3 Å². The van der Waals surface area contributed by atoms with Gasteiger partial charge in [0.05, 0.1) is 25.0 Å². The number of urea groups is 1. The summed E-state index contributed by atoms with van der Waals surface area (Å²) in [6, 6.07) is 9.28. The Bertz CT molecular complexity index is 1280. The van der Waals surface area contributed by atoms with Crippen LogP contribution in [0.25, 0.3) is 23.0 Å². The van der Waals surface area contributed by atoms with Crippen molar-refractivity contribution in [3.63, 3.8) is 0 Å². The van der Waals surface area contributed by atoms with E-state index in [2.05, 4.69) is 26.2 Å². The van der Waals surface area contributed by atoms with Gasteiger partial charge >= 0.3 is 6.03 Å². The summed E-state index contributed by atoms with van der Waals surface area (Å²) >= 11 is 0. The second-order valence-corrected chi connectivity index (χ2v) is 7.83. The number of rotatable bonds is 9. The van der Waals surface area contributed by atoms with Gasteiger partial charge in [0.25, 0.3) is 5.91 Å². The van der Waals surface area contributed by atoms with Crippen LogP contribution in [0.15, 0.2) is 47.4 Å². The van der Waals surface area contributed by atoms with Crippen LogP contribution < -0.4 is 20.7 Å². The largest absolute Gasteiger partial charge is 0.494 e. The molecule has 3 N–H and O–H groups in total. The zero-order valence-corrected chi connectivity index (χ0v) is 17.6. The van der Waals surface area contributed by atoms with Crippen molar-refractivity contribution in [1.82, 2.24) is 25.2 Å². The van der Waals surface area contributed by atoms with Gasteiger partial charge in [-0.1, -0.05) is 17.3 Å². The average molecular weight is 447 g/mol. The minimum Gasteiger partial charge on any atom is -0.494 e. The van der Waals surface area contributed by atoms with E-state index in [1.807, 2.05) is 30.3 Å². The lowest BCUT2D eigenvalue weighted by Gasteiger charge is -2.11. The fourth-order valence-electron chi connectivity index (χ4n) is 3.47. The molecule has 2 aliphatic rings. The van der Waals surface area contributed by atoms with Crippen molar-refractivity contribution in [2.75, 3.05) is 18.5 Å². The normalized spacial score (nSPS) is 16.7. The molecule has 0 radical (unpaired) electrons. The highest BCUT2D eigenvalue weighted by atomic mass is 16.5. The van der Waals surface area contributed by atoms with E-state index in [1.165, 1.54) is 0 Å². The smallest absolute Gasteiger partial charge is 0.326 e. The molecule has 0 spiro atoms. The fourth-order valence-corrected chi connectivity index (χ4v) is 3.47. The predicted molar refractivity (Wildman–Crippen MR) is 120 cm³/mol. The van der Waals surface area contributed by atoms with E-state index in [1.54, 1.807) is 16.8 Å². The van der Waals surface area contributed by atoms with Crippen molar-refractivity contribution in [3.05, 3.63) is 52.7 Å². The summed E-state index contributed by atoms with van der Waals surface area (Å²) in [6.07, 6.45) is 5.88. The molecular formula is C22H21N7O4. The molecule has 2 fully saturated rings. The summed E-state index contributed by atoms with van der Waals surface area (Å²) in [5.74, 6) is 0.949. The van der Waals surface area contributed by atoms with Crippen molar-refractivity contribution in [2.24, 2.45) is 5.18 Å². The molecule has 1 aliphatic carbocycles. The number of nitrogens with one attached hydrogen (secondary N) is 3. The van der Waals surface area contributed by atoms with Crippen molar-refractivity contribution in [1.29, 1.82) is 0 Å². The molecule has 1 saturated heterocycles. The van der Waals surface area contributed by atoms with Crippen LogP contribution in [0.2, 0.25) is 0 Å². The van der Waals surface area contributed by atoms with Crippen LogP contribution in [0, 0.1) is 4.91 Å². The molecule has 3 aromatic rings. The molecule has 3 heterocycles. The molecule has 0 unspecified atom stereocenters. The lowest BCUT2D eigenvalue weighted by atomic mass is 10.1. The third kappa shape index (κ3) is 4.52. The maximum atomic E-state index is 12.0. The summed E-state index contributed by atoms with van der Waals surface area (Å²) in [5, 5.41) is 15.4. The van der Waals surface area contributed by atoms with Gasteiger partial charge in [0.15, 0.2) is 5.65 Å². The van der Waals surface area contributed by atoms with E-state index in [0.717, 1.165) is 24.2 Å². The Morgan fingerprint density at radius 1 is 1.24 bits per heavy atom. The number of benzene rings is 1. The molecule has 5 rings (SSSR count). The van der Waals surface area contributed by atoms with Gasteiger partial charge in [0, 0.05) is 29.7 Å². The standard InChI is InChI=1S/C22H21N7O4/c30-21-18(27-22(31)28-21)10-14-12-23-29-19(25-15-5-6-15)11-17(26-20(14)29)13-3-1-4-16(9-13)33-8-2-7-24-32/h1,3-4,9-12,15,25H,2,5-8H2,(H2,27,28,30,31)/b18-10-. The van der Waals surface area contributed by atoms with E-state index in [4.69, 9.17) is 9.72 Å². The van der Waals surface area contributed by atoms with E-state index >= 15 is 0 Å². The number of nitrogens with zero attached hydrogens (tertiary/aromatic N) is 4. The second kappa shape index (κ2) is 8.69. The van der Waals surface area contributed by atoms with Crippen molar-refractivity contribution >= 4 is 29.5 Å². The molecule has 33 heavy (non-hydrogen) atoms. The maximum absolute atomic E-state index is 12.0. The van der Waals surface area contributed by atoms with Crippen molar-refractivity contribution < 1.29 is 14.3 Å². The number of carbonyl (C=O) groups excluding carboxylic acids is 2. The number of imide groups is 1. The van der Waals surface area contributed by atoms with E-state index < -0.39 is 11.9 Å². The molecule has 168 valence electrons. The SMILES string of the molecule is O=NCCCOc1cccc(-c2cc(NC3CC3)n3ncc(/C=C4\NC(=O)NC4=O)c3n2)c1. The number of hydrogen-bond acceptors (Lipinski definition) is 8. The van der Waals surface area contributed by atoms with Gasteiger partial charge in [-0.05, 0) is 31.1 Å². The van der Waals surface area contributed by atoms with Crippen LogP contribution in [0.4, 0.5) is 10.6 Å². The first-order valence-corrected chi connectivity index (χ1v) is 10.6. The monoisotopic (exact) mass is 447 g/mol. The highest BCUT2D eigenvalue weighted by Crippen LogP contribution is 2.30. The van der Waals surface area contributed by atoms with Gasteiger partial charge in [0.2, 0.25) is 0 Å².